The maximum atomic E-state index is 10.5. The molecule has 0 atom stereocenters. The Morgan fingerprint density at radius 3 is 2.70 bits per heavy atom. The molecular weight excluding hydrogens is 132 g/mol. The lowest BCUT2D eigenvalue weighted by atomic mass is 10.5. The van der Waals surface area contributed by atoms with Crippen LogP contribution in [-0.4, -0.2) is 25.8 Å². The summed E-state index contributed by atoms with van der Waals surface area (Å²) in [4.78, 5) is 10.5. The van der Waals surface area contributed by atoms with Crippen LogP contribution in [0.2, 0.25) is 0 Å². The van der Waals surface area contributed by atoms with Gasteiger partial charge in [-0.1, -0.05) is 6.92 Å². The first kappa shape index (κ1) is 9.43. The van der Waals surface area contributed by atoms with Gasteiger partial charge in [0.05, 0.1) is 6.61 Å². The fourth-order valence-electron chi connectivity index (χ4n) is 0.419. The van der Waals surface area contributed by atoms with Gasteiger partial charge < -0.3 is 9.47 Å². The first-order valence-electron chi connectivity index (χ1n) is 3.33. The molecule has 0 aliphatic heterocycles. The lowest BCUT2D eigenvalue weighted by Gasteiger charge is -2.01. The van der Waals surface area contributed by atoms with Crippen molar-refractivity contribution in [1.82, 2.24) is 0 Å². The van der Waals surface area contributed by atoms with E-state index in [2.05, 4.69) is 6.92 Å². The Labute approximate surface area is 61.3 Å². The van der Waals surface area contributed by atoms with Crippen molar-refractivity contribution in [2.45, 2.75) is 13.3 Å². The third kappa shape index (κ3) is 5.56. The van der Waals surface area contributed by atoms with Gasteiger partial charge in [-0.15, -0.1) is 0 Å². The predicted molar refractivity (Wildman–Crippen MR) is 37.4 cm³/mol. The minimum atomic E-state index is -0.187. The zero-order valence-corrected chi connectivity index (χ0v) is 6.26. The van der Waals surface area contributed by atoms with E-state index >= 15 is 0 Å². The van der Waals surface area contributed by atoms with Crippen LogP contribution in [0.4, 0.5) is 0 Å². The lowest BCUT2D eigenvalue weighted by Crippen LogP contribution is -2.09. The minimum absolute atomic E-state index is 0.187. The summed E-state index contributed by atoms with van der Waals surface area (Å²) in [5.41, 5.74) is 0. The number of esters is 1. The van der Waals surface area contributed by atoms with Gasteiger partial charge in [-0.05, 0) is 6.92 Å². The summed E-state index contributed by atoms with van der Waals surface area (Å²) in [5.74, 6) is -0.187. The standard InChI is InChI=1S/C7H13O3/c1-3-7(8)10-6-5-9-4-2/h2-6H2,1H3. The summed E-state index contributed by atoms with van der Waals surface area (Å²) in [6.07, 6.45) is 0.421. The van der Waals surface area contributed by atoms with Crippen molar-refractivity contribution in [1.29, 1.82) is 0 Å². The minimum Gasteiger partial charge on any atom is -0.463 e. The smallest absolute Gasteiger partial charge is 0.305 e. The fourth-order valence-corrected chi connectivity index (χ4v) is 0.419. The Balaban J connectivity index is 2.96. The van der Waals surface area contributed by atoms with Crippen LogP contribution in [0.3, 0.4) is 0 Å². The van der Waals surface area contributed by atoms with E-state index in [9.17, 15) is 4.79 Å². The van der Waals surface area contributed by atoms with E-state index in [0.717, 1.165) is 0 Å². The molecule has 0 fully saturated rings. The second kappa shape index (κ2) is 6.55. The molecule has 0 aliphatic carbocycles. The zero-order chi connectivity index (χ0) is 7.82. The van der Waals surface area contributed by atoms with E-state index in [1.54, 1.807) is 6.92 Å². The summed E-state index contributed by atoms with van der Waals surface area (Å²) in [7, 11) is 0. The van der Waals surface area contributed by atoms with Crippen molar-refractivity contribution < 1.29 is 14.3 Å². The van der Waals surface area contributed by atoms with Crippen LogP contribution in [0.25, 0.3) is 0 Å². The first-order chi connectivity index (χ1) is 4.81. The third-order valence-electron chi connectivity index (χ3n) is 0.924. The van der Waals surface area contributed by atoms with Gasteiger partial charge in [-0.3, -0.25) is 4.79 Å². The molecule has 0 heterocycles. The molecule has 0 spiro atoms. The van der Waals surface area contributed by atoms with Crippen molar-refractivity contribution in [3.63, 3.8) is 0 Å². The van der Waals surface area contributed by atoms with Gasteiger partial charge in [0.25, 0.3) is 0 Å². The first-order valence-corrected chi connectivity index (χ1v) is 3.33. The van der Waals surface area contributed by atoms with Crippen LogP contribution in [-0.2, 0) is 14.3 Å². The van der Waals surface area contributed by atoms with Crippen LogP contribution in [0, 0.1) is 6.92 Å². The van der Waals surface area contributed by atoms with Gasteiger partial charge in [0.1, 0.15) is 6.61 Å². The second-order valence-electron chi connectivity index (χ2n) is 1.69. The van der Waals surface area contributed by atoms with E-state index in [-0.39, 0.29) is 5.97 Å². The maximum Gasteiger partial charge on any atom is 0.305 e. The van der Waals surface area contributed by atoms with Crippen molar-refractivity contribution >= 4 is 5.97 Å². The normalized spacial score (nSPS) is 9.40. The monoisotopic (exact) mass is 145 g/mol. The molecule has 0 saturated carbocycles. The topological polar surface area (TPSA) is 35.5 Å². The van der Waals surface area contributed by atoms with Gasteiger partial charge in [0.15, 0.2) is 0 Å². The molecule has 0 bridgehead atoms. The SMILES string of the molecule is [CH2]COCCOC(=O)CC. The fraction of sp³-hybridized carbons (Fsp3) is 0.714. The Bertz CT molecular complexity index is 90.9. The van der Waals surface area contributed by atoms with Gasteiger partial charge >= 0.3 is 5.97 Å². The third-order valence-corrected chi connectivity index (χ3v) is 0.924. The van der Waals surface area contributed by atoms with Gasteiger partial charge in [0, 0.05) is 13.0 Å². The Kier molecular flexibility index (Phi) is 6.18. The van der Waals surface area contributed by atoms with Crippen LogP contribution >= 0.6 is 0 Å². The van der Waals surface area contributed by atoms with Crippen molar-refractivity contribution in [3.8, 4) is 0 Å². The summed E-state index contributed by atoms with van der Waals surface area (Å²) in [6, 6.07) is 0. The Hall–Kier alpha value is -0.570. The van der Waals surface area contributed by atoms with E-state index in [1.807, 2.05) is 0 Å². The quantitative estimate of drug-likeness (QED) is 0.424. The molecule has 1 radical (unpaired) electrons. The Morgan fingerprint density at radius 1 is 1.50 bits per heavy atom. The molecule has 3 nitrogen and oxygen atoms in total. The van der Waals surface area contributed by atoms with E-state index < -0.39 is 0 Å². The van der Waals surface area contributed by atoms with Crippen molar-refractivity contribution in [3.05, 3.63) is 6.92 Å². The zero-order valence-electron chi connectivity index (χ0n) is 6.26. The number of hydrogen-bond donors (Lipinski definition) is 0. The molecule has 3 heteroatoms. The van der Waals surface area contributed by atoms with E-state index in [0.29, 0.717) is 26.2 Å². The lowest BCUT2D eigenvalue weighted by molar-refractivity contribution is -0.144. The second-order valence-corrected chi connectivity index (χ2v) is 1.69. The van der Waals surface area contributed by atoms with Crippen LogP contribution < -0.4 is 0 Å². The molecule has 0 amide bonds. The maximum absolute atomic E-state index is 10.5. The largest absolute Gasteiger partial charge is 0.463 e. The molecule has 0 aromatic heterocycles. The Morgan fingerprint density at radius 2 is 2.20 bits per heavy atom. The number of rotatable bonds is 5. The molecule has 0 saturated heterocycles. The average Bonchev–Trinajstić information content (AvgIpc) is 1.98. The summed E-state index contributed by atoms with van der Waals surface area (Å²) >= 11 is 0. The number of hydrogen-bond acceptors (Lipinski definition) is 3. The average molecular weight is 145 g/mol. The molecule has 59 valence electrons. The molecule has 0 unspecified atom stereocenters. The number of ether oxygens (including phenoxy) is 2. The van der Waals surface area contributed by atoms with Crippen LogP contribution in [0.5, 0.6) is 0 Å². The summed E-state index contributed by atoms with van der Waals surface area (Å²) in [6.45, 7) is 6.41. The highest BCUT2D eigenvalue weighted by Crippen LogP contribution is 1.83. The molecule has 0 aromatic carbocycles. The van der Waals surface area contributed by atoms with Crippen LogP contribution in [0.15, 0.2) is 0 Å². The highest BCUT2D eigenvalue weighted by Gasteiger charge is 1.95. The summed E-state index contributed by atoms with van der Waals surface area (Å²) < 4.78 is 9.54. The summed E-state index contributed by atoms with van der Waals surface area (Å²) in [5, 5.41) is 0. The highest BCUT2D eigenvalue weighted by molar-refractivity contribution is 5.68. The number of carbonyl (C=O) groups is 1. The van der Waals surface area contributed by atoms with Crippen molar-refractivity contribution in [2.24, 2.45) is 0 Å². The van der Waals surface area contributed by atoms with E-state index in [4.69, 9.17) is 9.47 Å². The van der Waals surface area contributed by atoms with Crippen molar-refractivity contribution in [2.75, 3.05) is 19.8 Å². The highest BCUT2D eigenvalue weighted by atomic mass is 16.6. The predicted octanol–water partition coefficient (Wildman–Crippen LogP) is 0.790. The van der Waals surface area contributed by atoms with Gasteiger partial charge in [-0.25, -0.2) is 0 Å². The molecule has 0 aliphatic rings. The molecule has 0 aromatic rings. The molecule has 10 heavy (non-hydrogen) atoms. The van der Waals surface area contributed by atoms with E-state index in [1.165, 1.54) is 0 Å². The van der Waals surface area contributed by atoms with Gasteiger partial charge in [-0.2, -0.15) is 0 Å². The van der Waals surface area contributed by atoms with Gasteiger partial charge in [0.2, 0.25) is 0 Å². The number of carbonyl (C=O) groups excluding carboxylic acids is 1. The molecule has 0 rings (SSSR count). The molecule has 0 N–H and O–H groups in total. The van der Waals surface area contributed by atoms with Crippen LogP contribution in [0.1, 0.15) is 13.3 Å². The molecular formula is C7H13O3.